The van der Waals surface area contributed by atoms with Crippen molar-refractivity contribution in [1.29, 1.82) is 0 Å². The number of aromatic nitrogens is 3. The minimum absolute atomic E-state index is 0.0764. The molecule has 8 nitrogen and oxygen atoms in total. The second-order valence-electron chi connectivity index (χ2n) is 9.26. The van der Waals surface area contributed by atoms with Crippen molar-refractivity contribution >= 4 is 40.8 Å². The first-order valence-corrected chi connectivity index (χ1v) is 12.4. The third-order valence-electron chi connectivity index (χ3n) is 5.33. The van der Waals surface area contributed by atoms with Crippen molar-refractivity contribution in [2.75, 3.05) is 16.8 Å². The number of thiazole rings is 1. The van der Waals surface area contributed by atoms with Gasteiger partial charge in [0.05, 0.1) is 23.9 Å². The van der Waals surface area contributed by atoms with Gasteiger partial charge in [0.1, 0.15) is 17.7 Å². The van der Waals surface area contributed by atoms with Crippen molar-refractivity contribution in [3.05, 3.63) is 52.4 Å². The number of carbonyl (C=O) groups is 1. The zero-order chi connectivity index (χ0) is 25.3. The summed E-state index contributed by atoms with van der Waals surface area (Å²) < 4.78 is 26.0. The largest absolute Gasteiger partial charge is 0.447 e. The van der Waals surface area contributed by atoms with Crippen LogP contribution in [0.1, 0.15) is 45.5 Å². The minimum Gasteiger partial charge on any atom is -0.447 e. The van der Waals surface area contributed by atoms with E-state index in [9.17, 15) is 9.18 Å². The molecule has 0 saturated carbocycles. The monoisotopic (exact) mass is 519 g/mol. The van der Waals surface area contributed by atoms with Gasteiger partial charge in [0.15, 0.2) is 11.6 Å². The summed E-state index contributed by atoms with van der Waals surface area (Å²) in [6, 6.07) is 6.72. The van der Waals surface area contributed by atoms with Crippen LogP contribution in [0.3, 0.4) is 0 Å². The summed E-state index contributed by atoms with van der Waals surface area (Å²) in [4.78, 5) is 27.5. The van der Waals surface area contributed by atoms with Crippen LogP contribution in [0.2, 0.25) is 5.02 Å². The molecular formula is C24H27ClFN5O3S. The molecular weight excluding hydrogens is 493 g/mol. The summed E-state index contributed by atoms with van der Waals surface area (Å²) in [5.41, 5.74) is 0.520. The molecule has 1 fully saturated rings. The van der Waals surface area contributed by atoms with Gasteiger partial charge in [-0.15, -0.1) is 11.3 Å². The second-order valence-corrected chi connectivity index (χ2v) is 10.8. The van der Waals surface area contributed by atoms with E-state index < -0.39 is 29.7 Å². The van der Waals surface area contributed by atoms with Crippen LogP contribution >= 0.6 is 22.9 Å². The standard InChI is InChI=1S/C24H27ClFN5O3S/c1-13(19-11-27-21(35-19)15-6-8-16(25)9-7-15)29-22-28-10-17(26)20(30-22)31-18(12-33-23(31)32)14(2)34-24(3,4)5/h6-11,13-14,18H,12H2,1-5H3,(H,28,29,30)/t13-,14+,18+/m0/s1. The van der Waals surface area contributed by atoms with Crippen LogP contribution in [-0.2, 0) is 9.47 Å². The van der Waals surface area contributed by atoms with Gasteiger partial charge >= 0.3 is 6.09 Å². The van der Waals surface area contributed by atoms with E-state index in [1.807, 2.05) is 58.9 Å². The molecule has 1 aliphatic rings. The number of hydrogen-bond acceptors (Lipinski definition) is 8. The lowest BCUT2D eigenvalue weighted by molar-refractivity contribution is -0.0618. The molecule has 0 aliphatic carbocycles. The van der Waals surface area contributed by atoms with Gasteiger partial charge in [-0.3, -0.25) is 0 Å². The maximum atomic E-state index is 14.8. The number of nitrogens with one attached hydrogen (secondary N) is 1. The van der Waals surface area contributed by atoms with Crippen LogP contribution in [0.15, 0.2) is 36.7 Å². The Hall–Kier alpha value is -2.82. The summed E-state index contributed by atoms with van der Waals surface area (Å²) in [5.74, 6) is -0.700. The highest BCUT2D eigenvalue weighted by molar-refractivity contribution is 7.15. The fraction of sp³-hybridized carbons (Fsp3) is 0.417. The SMILES string of the molecule is C[C@H](Nc1ncc(F)c(N2C(=O)OC[C@@H]2[C@@H](C)OC(C)(C)C)n1)c1cnc(-c2ccc(Cl)cc2)s1. The fourth-order valence-electron chi connectivity index (χ4n) is 3.74. The summed E-state index contributed by atoms with van der Waals surface area (Å²) >= 11 is 7.49. The quantitative estimate of drug-likeness (QED) is 0.403. The van der Waals surface area contributed by atoms with Gasteiger partial charge in [-0.05, 0) is 46.8 Å². The molecule has 0 unspecified atom stereocenters. The van der Waals surface area contributed by atoms with E-state index in [0.29, 0.717) is 5.02 Å². The van der Waals surface area contributed by atoms with Gasteiger partial charge in [-0.2, -0.15) is 4.98 Å². The van der Waals surface area contributed by atoms with E-state index >= 15 is 0 Å². The third kappa shape index (κ3) is 5.88. The molecule has 1 aromatic carbocycles. The maximum absolute atomic E-state index is 14.8. The molecule has 1 saturated heterocycles. The Balaban J connectivity index is 1.53. The molecule has 3 aromatic rings. The Bertz CT molecular complexity index is 1200. The van der Waals surface area contributed by atoms with Crippen LogP contribution in [0.5, 0.6) is 0 Å². The molecule has 4 rings (SSSR count). The molecule has 2 aromatic heterocycles. The number of rotatable bonds is 7. The van der Waals surface area contributed by atoms with Gasteiger partial charge in [0.2, 0.25) is 5.95 Å². The van der Waals surface area contributed by atoms with Crippen molar-refractivity contribution in [2.45, 2.75) is 58.4 Å². The van der Waals surface area contributed by atoms with E-state index in [1.165, 1.54) is 16.2 Å². The Morgan fingerprint density at radius 3 is 2.63 bits per heavy atom. The number of nitrogens with zero attached hydrogens (tertiary/aromatic N) is 4. The van der Waals surface area contributed by atoms with Crippen LogP contribution in [0.25, 0.3) is 10.6 Å². The van der Waals surface area contributed by atoms with Crippen LogP contribution in [0.4, 0.5) is 21.0 Å². The summed E-state index contributed by atoms with van der Waals surface area (Å²) in [7, 11) is 0. The number of anilines is 2. The van der Waals surface area contributed by atoms with E-state index in [0.717, 1.165) is 21.6 Å². The summed E-state index contributed by atoms with van der Waals surface area (Å²) in [5, 5.41) is 4.68. The molecule has 186 valence electrons. The molecule has 1 amide bonds. The van der Waals surface area contributed by atoms with Gasteiger partial charge in [0.25, 0.3) is 0 Å². The highest BCUT2D eigenvalue weighted by Crippen LogP contribution is 2.32. The number of amides is 1. The Labute approximate surface area is 212 Å². The van der Waals surface area contributed by atoms with E-state index in [2.05, 4.69) is 20.3 Å². The van der Waals surface area contributed by atoms with Gasteiger partial charge < -0.3 is 14.8 Å². The van der Waals surface area contributed by atoms with Gasteiger partial charge in [0, 0.05) is 21.7 Å². The second kappa shape index (κ2) is 10.0. The molecule has 3 heterocycles. The number of cyclic esters (lactones) is 1. The predicted octanol–water partition coefficient (Wildman–Crippen LogP) is 6.09. The van der Waals surface area contributed by atoms with Gasteiger partial charge in [-0.25, -0.2) is 24.1 Å². The molecule has 0 radical (unpaired) electrons. The lowest BCUT2D eigenvalue weighted by atomic mass is 10.1. The zero-order valence-corrected chi connectivity index (χ0v) is 21.7. The third-order valence-corrected chi connectivity index (χ3v) is 6.81. The Kier molecular flexibility index (Phi) is 7.25. The summed E-state index contributed by atoms with van der Waals surface area (Å²) in [6.45, 7) is 9.58. The number of carbonyl (C=O) groups excluding carboxylic acids is 1. The van der Waals surface area contributed by atoms with Crippen molar-refractivity contribution in [3.63, 3.8) is 0 Å². The lowest BCUT2D eigenvalue weighted by Crippen LogP contribution is -2.45. The number of ether oxygens (including phenoxy) is 2. The zero-order valence-electron chi connectivity index (χ0n) is 20.1. The number of benzene rings is 1. The van der Waals surface area contributed by atoms with Crippen LogP contribution in [0, 0.1) is 5.82 Å². The van der Waals surface area contributed by atoms with Crippen molar-refractivity contribution < 1.29 is 18.7 Å². The molecule has 3 atom stereocenters. The predicted molar refractivity (Wildman–Crippen MR) is 135 cm³/mol. The topological polar surface area (TPSA) is 89.5 Å². The molecule has 0 bridgehead atoms. The molecule has 0 spiro atoms. The molecule has 35 heavy (non-hydrogen) atoms. The van der Waals surface area contributed by atoms with E-state index in [4.69, 9.17) is 21.1 Å². The Morgan fingerprint density at radius 1 is 1.23 bits per heavy atom. The first-order valence-electron chi connectivity index (χ1n) is 11.2. The molecule has 1 N–H and O–H groups in total. The van der Waals surface area contributed by atoms with Crippen molar-refractivity contribution in [3.8, 4) is 10.6 Å². The number of hydrogen-bond donors (Lipinski definition) is 1. The van der Waals surface area contributed by atoms with Gasteiger partial charge in [-0.1, -0.05) is 23.7 Å². The minimum atomic E-state index is -0.724. The number of halogens is 2. The molecule has 1 aliphatic heterocycles. The van der Waals surface area contributed by atoms with E-state index in [1.54, 1.807) is 6.20 Å². The fourth-order valence-corrected chi connectivity index (χ4v) is 4.79. The highest BCUT2D eigenvalue weighted by atomic mass is 35.5. The van der Waals surface area contributed by atoms with Crippen LogP contribution in [-0.4, -0.2) is 45.4 Å². The highest BCUT2D eigenvalue weighted by Gasteiger charge is 2.41. The average molecular weight is 520 g/mol. The first-order chi connectivity index (χ1) is 16.5. The first kappa shape index (κ1) is 25.3. The summed E-state index contributed by atoms with van der Waals surface area (Å²) in [6.07, 6.45) is 1.73. The normalized spacial score (nSPS) is 17.9. The average Bonchev–Trinajstić information content (AvgIpc) is 3.42. The smallest absolute Gasteiger partial charge is 0.416 e. The van der Waals surface area contributed by atoms with Crippen molar-refractivity contribution in [2.24, 2.45) is 0 Å². The Morgan fingerprint density at radius 2 is 1.94 bits per heavy atom. The van der Waals surface area contributed by atoms with Crippen LogP contribution < -0.4 is 10.2 Å². The van der Waals surface area contributed by atoms with Crippen molar-refractivity contribution in [1.82, 2.24) is 15.0 Å². The molecule has 11 heteroatoms. The lowest BCUT2D eigenvalue weighted by Gasteiger charge is -2.31. The van der Waals surface area contributed by atoms with E-state index in [-0.39, 0.29) is 24.4 Å². The maximum Gasteiger partial charge on any atom is 0.416 e.